The first kappa shape index (κ1) is 28.7. The van der Waals surface area contributed by atoms with Crippen LogP contribution in [0, 0.1) is 5.82 Å². The van der Waals surface area contributed by atoms with Gasteiger partial charge >= 0.3 is 0 Å². The fourth-order valence-electron chi connectivity index (χ4n) is 4.77. The molecule has 4 aromatic rings. The monoisotopic (exact) mass is 617 g/mol. The number of hydrogen-bond acceptors (Lipinski definition) is 9. The maximum absolute atomic E-state index is 14.7. The SMILES string of the molecule is O=C(NCc1cc2nc(N3CCOc4ccc([C@H](F)CF)nc43)ccc2cn1)c1cc(F)c2c(c1)S(=O)(=O)[C@@H](F)COC2. The van der Waals surface area contributed by atoms with E-state index in [0.717, 1.165) is 12.1 Å². The largest absolute Gasteiger partial charge is 0.488 e. The fraction of sp³-hybridized carbons (Fsp3) is 0.286. The van der Waals surface area contributed by atoms with Crippen LogP contribution in [0.5, 0.6) is 5.75 Å². The van der Waals surface area contributed by atoms with Crippen molar-refractivity contribution in [2.24, 2.45) is 0 Å². The Morgan fingerprint density at radius 2 is 2.00 bits per heavy atom. The second-order valence-corrected chi connectivity index (χ2v) is 11.8. The molecule has 6 rings (SSSR count). The zero-order valence-electron chi connectivity index (χ0n) is 22.3. The zero-order valence-corrected chi connectivity index (χ0v) is 23.1. The third kappa shape index (κ3) is 5.45. The third-order valence-electron chi connectivity index (χ3n) is 7.02. The van der Waals surface area contributed by atoms with Gasteiger partial charge in [-0.1, -0.05) is 0 Å². The first-order chi connectivity index (χ1) is 20.7. The molecule has 3 aromatic heterocycles. The highest BCUT2D eigenvalue weighted by Gasteiger charge is 2.35. The first-order valence-corrected chi connectivity index (χ1v) is 14.6. The number of carbonyl (C=O) groups excluding carboxylic acids is 1. The predicted molar refractivity (Wildman–Crippen MR) is 145 cm³/mol. The Morgan fingerprint density at radius 1 is 1.16 bits per heavy atom. The van der Waals surface area contributed by atoms with Crippen molar-refractivity contribution in [2.75, 3.05) is 31.3 Å². The molecular formula is C28H23F4N5O5S. The van der Waals surface area contributed by atoms with Gasteiger partial charge in [0.15, 0.2) is 17.7 Å². The second kappa shape index (κ2) is 11.4. The van der Waals surface area contributed by atoms with Gasteiger partial charge < -0.3 is 19.7 Å². The summed E-state index contributed by atoms with van der Waals surface area (Å²) in [7, 11) is -4.55. The molecule has 1 amide bonds. The molecule has 224 valence electrons. The number of benzene rings is 1. The summed E-state index contributed by atoms with van der Waals surface area (Å²) in [5.74, 6) is -0.631. The molecule has 0 saturated heterocycles. The number of nitrogens with one attached hydrogen (secondary N) is 1. The quantitative estimate of drug-likeness (QED) is 0.317. The molecule has 43 heavy (non-hydrogen) atoms. The topological polar surface area (TPSA) is 124 Å². The number of halogens is 4. The van der Waals surface area contributed by atoms with Gasteiger partial charge in [0, 0.05) is 22.7 Å². The number of anilines is 2. The van der Waals surface area contributed by atoms with E-state index >= 15 is 0 Å². The lowest BCUT2D eigenvalue weighted by molar-refractivity contribution is 0.0938. The van der Waals surface area contributed by atoms with Crippen LogP contribution in [0.15, 0.2) is 53.6 Å². The van der Waals surface area contributed by atoms with Gasteiger partial charge in [0.05, 0.1) is 48.1 Å². The molecule has 0 saturated carbocycles. The predicted octanol–water partition coefficient (Wildman–Crippen LogP) is 4.20. The summed E-state index contributed by atoms with van der Waals surface area (Å²) in [5.41, 5.74) is -2.21. The lowest BCUT2D eigenvalue weighted by Gasteiger charge is -2.29. The summed E-state index contributed by atoms with van der Waals surface area (Å²) in [6.45, 7) is -1.85. The summed E-state index contributed by atoms with van der Waals surface area (Å²) in [4.78, 5) is 27.2. The molecule has 1 aromatic carbocycles. The Bertz CT molecular complexity index is 1840. The summed E-state index contributed by atoms with van der Waals surface area (Å²) in [6.07, 6.45) is -0.328. The normalized spacial score (nSPS) is 18.2. The molecule has 2 aliphatic rings. The van der Waals surface area contributed by atoms with Gasteiger partial charge in [0.1, 0.15) is 24.9 Å². The Hall–Kier alpha value is -4.37. The molecule has 2 aliphatic heterocycles. The molecule has 0 unspecified atom stereocenters. The number of alkyl halides is 3. The van der Waals surface area contributed by atoms with E-state index in [4.69, 9.17) is 9.47 Å². The van der Waals surface area contributed by atoms with E-state index in [-0.39, 0.29) is 23.4 Å². The van der Waals surface area contributed by atoms with Crippen molar-refractivity contribution in [2.45, 2.75) is 29.7 Å². The fourth-order valence-corrected chi connectivity index (χ4v) is 6.11. The number of amides is 1. The molecule has 0 aliphatic carbocycles. The Labute approximate surface area is 242 Å². The molecule has 1 N–H and O–H groups in total. The van der Waals surface area contributed by atoms with Crippen LogP contribution in [0.4, 0.5) is 29.2 Å². The maximum atomic E-state index is 14.7. The van der Waals surface area contributed by atoms with E-state index in [1.165, 1.54) is 12.1 Å². The highest BCUT2D eigenvalue weighted by Crippen LogP contribution is 2.36. The van der Waals surface area contributed by atoms with Crippen molar-refractivity contribution in [3.63, 3.8) is 0 Å². The standard InChI is InChI=1S/C28H23F4N5O5S/c29-10-20(31)21-2-3-23-27(36-21)37(5-6-42-23)26-4-1-15-11-33-17(9-22(15)35-26)12-34-28(38)16-7-19(30)18-13-41-14-25(32)43(39,40)24(18)8-16/h1-4,7-9,11,20,25H,5-6,10,12-14H2,(H,34,38)/t20-,25-/m1/s1. The molecular weight excluding hydrogens is 594 g/mol. The van der Waals surface area contributed by atoms with Crippen LogP contribution in [-0.2, 0) is 27.7 Å². The van der Waals surface area contributed by atoms with Crippen molar-refractivity contribution in [1.82, 2.24) is 20.3 Å². The van der Waals surface area contributed by atoms with Crippen LogP contribution in [0.25, 0.3) is 10.9 Å². The number of aromatic nitrogens is 3. The van der Waals surface area contributed by atoms with Gasteiger partial charge in [-0.25, -0.2) is 35.9 Å². The van der Waals surface area contributed by atoms with Crippen LogP contribution in [0.1, 0.15) is 33.5 Å². The number of ether oxygens (including phenoxy) is 2. The van der Waals surface area contributed by atoms with Gasteiger partial charge in [0.2, 0.25) is 15.3 Å². The van der Waals surface area contributed by atoms with Crippen molar-refractivity contribution in [3.05, 3.63) is 77.0 Å². The summed E-state index contributed by atoms with van der Waals surface area (Å²) >= 11 is 0. The lowest BCUT2D eigenvalue weighted by atomic mass is 10.1. The highest BCUT2D eigenvalue weighted by molar-refractivity contribution is 7.92. The van der Waals surface area contributed by atoms with Crippen LogP contribution >= 0.6 is 0 Å². The Kier molecular flexibility index (Phi) is 7.60. The highest BCUT2D eigenvalue weighted by atomic mass is 32.2. The molecule has 10 nitrogen and oxygen atoms in total. The number of nitrogens with zero attached hydrogens (tertiary/aromatic N) is 4. The van der Waals surface area contributed by atoms with Gasteiger partial charge in [0.25, 0.3) is 5.91 Å². The number of sulfone groups is 1. The number of pyridine rings is 3. The van der Waals surface area contributed by atoms with Crippen LogP contribution < -0.4 is 15.0 Å². The summed E-state index contributed by atoms with van der Waals surface area (Å²) in [6, 6.07) is 9.83. The van der Waals surface area contributed by atoms with Crippen molar-refractivity contribution >= 4 is 38.3 Å². The molecule has 0 bridgehead atoms. The minimum absolute atomic E-state index is 0.0652. The van der Waals surface area contributed by atoms with Crippen molar-refractivity contribution in [1.29, 1.82) is 0 Å². The van der Waals surface area contributed by atoms with Crippen molar-refractivity contribution < 1.29 is 40.2 Å². The minimum Gasteiger partial charge on any atom is -0.488 e. The number of fused-ring (bicyclic) bond motifs is 3. The van der Waals surface area contributed by atoms with Crippen LogP contribution in [-0.4, -0.2) is 61.2 Å². The van der Waals surface area contributed by atoms with Gasteiger partial charge in [-0.2, -0.15) is 0 Å². The van der Waals surface area contributed by atoms with E-state index in [2.05, 4.69) is 20.3 Å². The second-order valence-electron chi connectivity index (χ2n) is 9.81. The first-order valence-electron chi connectivity index (χ1n) is 13.1. The molecule has 0 spiro atoms. The maximum Gasteiger partial charge on any atom is 0.251 e. The van der Waals surface area contributed by atoms with Crippen LogP contribution in [0.3, 0.4) is 0 Å². The Balaban J connectivity index is 1.24. The van der Waals surface area contributed by atoms with E-state index in [1.54, 1.807) is 29.3 Å². The molecule has 15 heteroatoms. The Morgan fingerprint density at radius 3 is 2.81 bits per heavy atom. The van der Waals surface area contributed by atoms with Gasteiger partial charge in [-0.15, -0.1) is 0 Å². The molecule has 0 radical (unpaired) electrons. The van der Waals surface area contributed by atoms with E-state index < -0.39 is 58.0 Å². The lowest BCUT2D eigenvalue weighted by Crippen LogP contribution is -2.30. The molecule has 2 atom stereocenters. The van der Waals surface area contributed by atoms with Crippen LogP contribution in [0.2, 0.25) is 0 Å². The summed E-state index contributed by atoms with van der Waals surface area (Å²) < 4.78 is 91.4. The number of hydrogen-bond donors (Lipinski definition) is 1. The van der Waals surface area contributed by atoms with Crippen molar-refractivity contribution in [3.8, 4) is 5.75 Å². The van der Waals surface area contributed by atoms with Gasteiger partial charge in [-0.05, 0) is 42.5 Å². The summed E-state index contributed by atoms with van der Waals surface area (Å²) in [5, 5.41) is 3.24. The molecule has 0 fully saturated rings. The zero-order chi connectivity index (χ0) is 30.3. The van der Waals surface area contributed by atoms with E-state index in [0.29, 0.717) is 47.1 Å². The number of rotatable bonds is 6. The molecule has 5 heterocycles. The number of carbonyl (C=O) groups is 1. The van der Waals surface area contributed by atoms with E-state index in [9.17, 15) is 30.8 Å². The van der Waals surface area contributed by atoms with E-state index in [1.807, 2.05) is 0 Å². The van der Waals surface area contributed by atoms with Gasteiger partial charge in [-0.3, -0.25) is 9.78 Å². The average Bonchev–Trinajstić information content (AvgIpc) is 3.13. The average molecular weight is 618 g/mol. The minimum atomic E-state index is -4.55. The smallest absolute Gasteiger partial charge is 0.251 e. The third-order valence-corrected chi connectivity index (χ3v) is 8.81.